The molecule has 3 aromatic carbocycles. The molecule has 0 aliphatic carbocycles. The standard InChI is InChI=1S/C28H24N2O2/c1-3-31-26-14-12-20(16-27(26)32-4-2)25-17-23(21-9-7-15-29-18-21)28-22-10-6-5-8-19(22)11-13-24(28)30-25/h5-18H,3-4H2,1-2H3. The predicted molar refractivity (Wildman–Crippen MR) is 130 cm³/mol. The summed E-state index contributed by atoms with van der Waals surface area (Å²) < 4.78 is 11.6. The third-order valence-corrected chi connectivity index (χ3v) is 5.51. The molecule has 32 heavy (non-hydrogen) atoms. The van der Waals surface area contributed by atoms with Crippen LogP contribution in [0.4, 0.5) is 0 Å². The van der Waals surface area contributed by atoms with Gasteiger partial charge < -0.3 is 9.47 Å². The van der Waals surface area contributed by atoms with Crippen LogP contribution in [0.2, 0.25) is 0 Å². The molecule has 158 valence electrons. The van der Waals surface area contributed by atoms with Crippen LogP contribution in [0.15, 0.2) is 85.2 Å². The SMILES string of the molecule is CCOc1ccc(-c2cc(-c3cccnc3)c3c(ccc4ccccc43)n2)cc1OCC. The molecule has 0 N–H and O–H groups in total. The van der Waals surface area contributed by atoms with Gasteiger partial charge in [0, 0.05) is 28.9 Å². The molecule has 0 saturated heterocycles. The minimum Gasteiger partial charge on any atom is -0.490 e. The van der Waals surface area contributed by atoms with Crippen LogP contribution in [0, 0.1) is 0 Å². The number of pyridine rings is 2. The number of hydrogen-bond acceptors (Lipinski definition) is 4. The summed E-state index contributed by atoms with van der Waals surface area (Å²) >= 11 is 0. The van der Waals surface area contributed by atoms with E-state index in [4.69, 9.17) is 14.5 Å². The third kappa shape index (κ3) is 3.65. The molecule has 2 heterocycles. The number of benzene rings is 3. The zero-order chi connectivity index (χ0) is 21.9. The van der Waals surface area contributed by atoms with Crippen LogP contribution in [0.5, 0.6) is 11.5 Å². The van der Waals surface area contributed by atoms with E-state index in [9.17, 15) is 0 Å². The Labute approximate surface area is 187 Å². The normalized spacial score (nSPS) is 11.1. The van der Waals surface area contributed by atoms with Crippen molar-refractivity contribution in [3.8, 4) is 33.9 Å². The van der Waals surface area contributed by atoms with Crippen molar-refractivity contribution in [2.75, 3.05) is 13.2 Å². The van der Waals surface area contributed by atoms with Crippen molar-refractivity contribution in [1.29, 1.82) is 0 Å². The molecule has 0 spiro atoms. The second-order valence-corrected chi connectivity index (χ2v) is 7.51. The lowest BCUT2D eigenvalue weighted by Gasteiger charge is -2.15. The summed E-state index contributed by atoms with van der Waals surface area (Å²) in [6.07, 6.45) is 3.71. The summed E-state index contributed by atoms with van der Waals surface area (Å²) in [7, 11) is 0. The second kappa shape index (κ2) is 8.67. The smallest absolute Gasteiger partial charge is 0.161 e. The molecule has 0 aliphatic heterocycles. The number of aromatic nitrogens is 2. The molecule has 5 aromatic rings. The van der Waals surface area contributed by atoms with Gasteiger partial charge in [-0.15, -0.1) is 0 Å². The van der Waals surface area contributed by atoms with E-state index in [1.807, 2.05) is 44.3 Å². The molecule has 0 bridgehead atoms. The minimum atomic E-state index is 0.571. The van der Waals surface area contributed by atoms with Crippen molar-refractivity contribution in [2.45, 2.75) is 13.8 Å². The third-order valence-electron chi connectivity index (χ3n) is 5.51. The maximum atomic E-state index is 5.85. The van der Waals surface area contributed by atoms with E-state index in [2.05, 4.69) is 53.5 Å². The van der Waals surface area contributed by atoms with Crippen LogP contribution in [-0.4, -0.2) is 23.2 Å². The van der Waals surface area contributed by atoms with E-state index < -0.39 is 0 Å². The van der Waals surface area contributed by atoms with Gasteiger partial charge in [0.15, 0.2) is 11.5 Å². The van der Waals surface area contributed by atoms with Crippen LogP contribution in [0.3, 0.4) is 0 Å². The molecule has 0 atom stereocenters. The Morgan fingerprint density at radius 1 is 0.750 bits per heavy atom. The van der Waals surface area contributed by atoms with Gasteiger partial charge in [-0.1, -0.05) is 36.4 Å². The Hall–Kier alpha value is -3.92. The van der Waals surface area contributed by atoms with E-state index in [1.165, 1.54) is 10.8 Å². The van der Waals surface area contributed by atoms with Crippen molar-refractivity contribution in [1.82, 2.24) is 9.97 Å². The monoisotopic (exact) mass is 420 g/mol. The quantitative estimate of drug-likeness (QED) is 0.280. The zero-order valence-corrected chi connectivity index (χ0v) is 18.2. The van der Waals surface area contributed by atoms with Crippen LogP contribution in [-0.2, 0) is 0 Å². The molecule has 4 heteroatoms. The van der Waals surface area contributed by atoms with E-state index in [0.717, 1.165) is 44.8 Å². The molecule has 0 unspecified atom stereocenters. The fourth-order valence-electron chi connectivity index (χ4n) is 4.12. The Balaban J connectivity index is 1.77. The average Bonchev–Trinajstić information content (AvgIpc) is 2.85. The molecule has 0 saturated carbocycles. The lowest BCUT2D eigenvalue weighted by Crippen LogP contribution is -1.99. The molecule has 0 radical (unpaired) electrons. The molecule has 0 aliphatic rings. The highest BCUT2D eigenvalue weighted by atomic mass is 16.5. The maximum Gasteiger partial charge on any atom is 0.161 e. The fourth-order valence-corrected chi connectivity index (χ4v) is 4.12. The summed E-state index contributed by atoms with van der Waals surface area (Å²) in [5.74, 6) is 1.48. The highest BCUT2D eigenvalue weighted by Crippen LogP contribution is 2.38. The minimum absolute atomic E-state index is 0.571. The van der Waals surface area contributed by atoms with Gasteiger partial charge in [0.25, 0.3) is 0 Å². The van der Waals surface area contributed by atoms with Gasteiger partial charge in [-0.25, -0.2) is 4.98 Å². The number of hydrogen-bond donors (Lipinski definition) is 0. The van der Waals surface area contributed by atoms with Crippen molar-refractivity contribution >= 4 is 21.7 Å². The summed E-state index contributed by atoms with van der Waals surface area (Å²) in [6.45, 7) is 5.11. The molecule has 2 aromatic heterocycles. The summed E-state index contributed by atoms with van der Waals surface area (Å²) in [5, 5.41) is 3.51. The van der Waals surface area contributed by atoms with Crippen LogP contribution in [0.1, 0.15) is 13.8 Å². The molecule has 0 fully saturated rings. The van der Waals surface area contributed by atoms with E-state index >= 15 is 0 Å². The van der Waals surface area contributed by atoms with Crippen LogP contribution >= 0.6 is 0 Å². The van der Waals surface area contributed by atoms with Crippen molar-refractivity contribution in [3.05, 3.63) is 85.2 Å². The molecule has 0 amide bonds. The van der Waals surface area contributed by atoms with Gasteiger partial charge in [-0.3, -0.25) is 4.98 Å². The van der Waals surface area contributed by atoms with Gasteiger partial charge in [0.05, 0.1) is 24.4 Å². The van der Waals surface area contributed by atoms with E-state index in [0.29, 0.717) is 13.2 Å². The molecule has 5 rings (SSSR count). The highest BCUT2D eigenvalue weighted by Gasteiger charge is 2.14. The molecule has 4 nitrogen and oxygen atoms in total. The van der Waals surface area contributed by atoms with Crippen LogP contribution in [0.25, 0.3) is 44.1 Å². The summed E-state index contributed by atoms with van der Waals surface area (Å²) in [5.41, 5.74) is 5.00. The highest BCUT2D eigenvalue weighted by molar-refractivity contribution is 6.13. The number of ether oxygens (including phenoxy) is 2. The van der Waals surface area contributed by atoms with Gasteiger partial charge >= 0.3 is 0 Å². The number of rotatable bonds is 6. The zero-order valence-electron chi connectivity index (χ0n) is 18.2. The lowest BCUT2D eigenvalue weighted by atomic mass is 9.95. The first-order chi connectivity index (χ1) is 15.8. The Morgan fingerprint density at radius 3 is 2.41 bits per heavy atom. The van der Waals surface area contributed by atoms with Crippen molar-refractivity contribution in [2.24, 2.45) is 0 Å². The number of fused-ring (bicyclic) bond motifs is 3. The van der Waals surface area contributed by atoms with Crippen molar-refractivity contribution < 1.29 is 9.47 Å². The fraction of sp³-hybridized carbons (Fsp3) is 0.143. The van der Waals surface area contributed by atoms with Crippen LogP contribution < -0.4 is 9.47 Å². The van der Waals surface area contributed by atoms with Gasteiger partial charge in [0.1, 0.15) is 0 Å². The molecular formula is C28H24N2O2. The largest absolute Gasteiger partial charge is 0.490 e. The first kappa shape index (κ1) is 20.0. The van der Waals surface area contributed by atoms with Gasteiger partial charge in [-0.2, -0.15) is 0 Å². The Bertz CT molecular complexity index is 1400. The van der Waals surface area contributed by atoms with Gasteiger partial charge in [0.2, 0.25) is 0 Å². The van der Waals surface area contributed by atoms with E-state index in [1.54, 1.807) is 6.20 Å². The predicted octanol–water partition coefficient (Wildman–Crippen LogP) is 6.91. The first-order valence-corrected chi connectivity index (χ1v) is 10.9. The first-order valence-electron chi connectivity index (χ1n) is 10.9. The lowest BCUT2D eigenvalue weighted by molar-refractivity contribution is 0.288. The Morgan fingerprint density at radius 2 is 1.59 bits per heavy atom. The topological polar surface area (TPSA) is 44.2 Å². The maximum absolute atomic E-state index is 5.85. The average molecular weight is 421 g/mol. The molecular weight excluding hydrogens is 396 g/mol. The summed E-state index contributed by atoms with van der Waals surface area (Å²) in [6, 6.07) is 24.9. The second-order valence-electron chi connectivity index (χ2n) is 7.51. The Kier molecular flexibility index (Phi) is 5.42. The van der Waals surface area contributed by atoms with Gasteiger partial charge in [-0.05, 0) is 66.6 Å². The number of nitrogens with zero attached hydrogens (tertiary/aromatic N) is 2. The van der Waals surface area contributed by atoms with E-state index in [-0.39, 0.29) is 0 Å². The summed E-state index contributed by atoms with van der Waals surface area (Å²) in [4.78, 5) is 9.41. The van der Waals surface area contributed by atoms with Crippen molar-refractivity contribution in [3.63, 3.8) is 0 Å².